The first-order chi connectivity index (χ1) is 7.04. The number of thiocarbonyl (C=S) groups is 1. The summed E-state index contributed by atoms with van der Waals surface area (Å²) in [4.78, 5) is 29.3. The molecule has 1 saturated heterocycles. The van der Waals surface area contributed by atoms with Crippen LogP contribution in [0.15, 0.2) is 12.3 Å². The van der Waals surface area contributed by atoms with Gasteiger partial charge in [0, 0.05) is 11.9 Å². The highest BCUT2D eigenvalue weighted by Gasteiger charge is 2.48. The van der Waals surface area contributed by atoms with Gasteiger partial charge in [-0.1, -0.05) is 12.2 Å². The van der Waals surface area contributed by atoms with Gasteiger partial charge < -0.3 is 0 Å². The zero-order valence-corrected chi connectivity index (χ0v) is 9.17. The van der Waals surface area contributed by atoms with Gasteiger partial charge in [-0.25, -0.2) is 14.7 Å². The van der Waals surface area contributed by atoms with E-state index in [1.807, 2.05) is 0 Å². The number of urea groups is 1. The second kappa shape index (κ2) is 3.23. The molecule has 0 aromatic heterocycles. The van der Waals surface area contributed by atoms with Gasteiger partial charge >= 0.3 is 6.03 Å². The zero-order valence-electron chi connectivity index (χ0n) is 8.35. The maximum absolute atomic E-state index is 11.8. The second-order valence-electron chi connectivity index (χ2n) is 3.44. The summed E-state index contributed by atoms with van der Waals surface area (Å²) in [6.07, 6.45) is 3.30. The number of carbonyl (C=O) groups excluding carboxylic acids is 2. The lowest BCUT2D eigenvalue weighted by molar-refractivity contribution is -0.382. The van der Waals surface area contributed by atoms with E-state index in [4.69, 9.17) is 12.2 Å². The van der Waals surface area contributed by atoms with Crippen molar-refractivity contribution in [2.75, 3.05) is 14.1 Å². The molecule has 1 atom stereocenters. The predicted molar refractivity (Wildman–Crippen MR) is 57.1 cm³/mol. The minimum atomic E-state index is -0.530. The number of nitrogens with zero attached hydrogens (tertiary/aromatic N) is 2. The molecule has 15 heavy (non-hydrogen) atoms. The van der Waals surface area contributed by atoms with Gasteiger partial charge in [-0.05, 0) is 6.08 Å². The van der Waals surface area contributed by atoms with E-state index in [-0.39, 0.29) is 11.9 Å². The standard InChI is InChI=1S/C9H9N3O2S/c1-11-7-6(5(15)3-4-10-7)8(13)12(2)9(11)14/h3-4,6H,1-2H3/p+1. The first kappa shape index (κ1) is 9.97. The lowest BCUT2D eigenvalue weighted by atomic mass is 9.97. The number of imide groups is 1. The second-order valence-corrected chi connectivity index (χ2v) is 3.91. The minimum absolute atomic E-state index is 0.282. The first-order valence-electron chi connectivity index (χ1n) is 4.43. The van der Waals surface area contributed by atoms with Gasteiger partial charge in [0.25, 0.3) is 11.7 Å². The molecule has 0 radical (unpaired) electrons. The van der Waals surface area contributed by atoms with E-state index >= 15 is 0 Å². The molecule has 2 aliphatic rings. The average molecular weight is 224 g/mol. The molecule has 1 N–H and O–H groups in total. The molecule has 1 unspecified atom stereocenters. The van der Waals surface area contributed by atoms with Gasteiger partial charge in [0.2, 0.25) is 0 Å². The molecule has 6 heteroatoms. The number of fused-ring (bicyclic) bond motifs is 1. The molecule has 1 fully saturated rings. The lowest BCUT2D eigenvalue weighted by Gasteiger charge is -2.30. The van der Waals surface area contributed by atoms with Gasteiger partial charge in [-0.3, -0.25) is 4.79 Å². The summed E-state index contributed by atoms with van der Waals surface area (Å²) in [6.45, 7) is 0. The number of amidine groups is 1. The SMILES string of the molecule is CN1C(=O)C2C(=S)C=C[NH+]=C2N(C)C1=O. The Balaban J connectivity index is 2.49. The monoisotopic (exact) mass is 224 g/mol. The van der Waals surface area contributed by atoms with Gasteiger partial charge in [0.15, 0.2) is 5.92 Å². The van der Waals surface area contributed by atoms with Crippen LogP contribution in [0.5, 0.6) is 0 Å². The molecule has 2 rings (SSSR count). The fraction of sp³-hybridized carbons (Fsp3) is 0.333. The van der Waals surface area contributed by atoms with Gasteiger partial charge in [0.1, 0.15) is 0 Å². The normalized spacial score (nSPS) is 25.6. The van der Waals surface area contributed by atoms with E-state index in [0.717, 1.165) is 4.90 Å². The number of hydrogen-bond acceptors (Lipinski definition) is 3. The highest BCUT2D eigenvalue weighted by atomic mass is 32.1. The van der Waals surface area contributed by atoms with Gasteiger partial charge in [-0.2, -0.15) is 4.90 Å². The molecule has 5 nitrogen and oxygen atoms in total. The van der Waals surface area contributed by atoms with Crippen molar-refractivity contribution in [1.82, 2.24) is 9.80 Å². The smallest absolute Gasteiger partial charge is 0.273 e. The van der Waals surface area contributed by atoms with E-state index in [0.29, 0.717) is 10.7 Å². The Morgan fingerprint density at radius 1 is 1.33 bits per heavy atom. The number of allylic oxidation sites excluding steroid dienone is 1. The lowest BCUT2D eigenvalue weighted by Crippen LogP contribution is -2.79. The van der Waals surface area contributed by atoms with Crippen LogP contribution in [0.1, 0.15) is 0 Å². The number of amides is 3. The van der Waals surface area contributed by atoms with Crippen LogP contribution in [0, 0.1) is 5.92 Å². The zero-order chi connectivity index (χ0) is 11.2. The highest BCUT2D eigenvalue weighted by Crippen LogP contribution is 2.17. The number of rotatable bonds is 0. The maximum Gasteiger partial charge on any atom is 0.417 e. The summed E-state index contributed by atoms with van der Waals surface area (Å²) in [6, 6.07) is -0.350. The molecular weight excluding hydrogens is 214 g/mol. The molecule has 3 amide bonds. The summed E-state index contributed by atoms with van der Waals surface area (Å²) in [5.41, 5.74) is 0. The van der Waals surface area contributed by atoms with Gasteiger partial charge in [-0.15, -0.1) is 0 Å². The third kappa shape index (κ3) is 1.29. The van der Waals surface area contributed by atoms with Crippen LogP contribution in [0.2, 0.25) is 0 Å². The number of carbonyl (C=O) groups is 2. The van der Waals surface area contributed by atoms with Crippen molar-refractivity contribution in [2.24, 2.45) is 5.92 Å². The maximum atomic E-state index is 11.8. The Kier molecular flexibility index (Phi) is 2.15. The van der Waals surface area contributed by atoms with E-state index in [2.05, 4.69) is 4.99 Å². The molecule has 0 aromatic carbocycles. The highest BCUT2D eigenvalue weighted by molar-refractivity contribution is 7.81. The molecule has 2 aliphatic heterocycles. The quantitative estimate of drug-likeness (QED) is 0.510. The van der Waals surface area contributed by atoms with Crippen LogP contribution in [0.25, 0.3) is 0 Å². The fourth-order valence-electron chi connectivity index (χ4n) is 1.67. The van der Waals surface area contributed by atoms with Crippen molar-refractivity contribution in [1.29, 1.82) is 0 Å². The predicted octanol–water partition coefficient (Wildman–Crippen LogP) is -1.50. The van der Waals surface area contributed by atoms with Crippen molar-refractivity contribution in [3.05, 3.63) is 12.3 Å². The molecule has 0 bridgehead atoms. The van der Waals surface area contributed by atoms with Crippen molar-refractivity contribution < 1.29 is 14.6 Å². The fourth-order valence-corrected chi connectivity index (χ4v) is 1.95. The molecule has 0 aromatic rings. The third-order valence-corrected chi connectivity index (χ3v) is 2.92. The van der Waals surface area contributed by atoms with Crippen molar-refractivity contribution >= 4 is 34.9 Å². The topological polar surface area (TPSA) is 54.6 Å². The van der Waals surface area contributed by atoms with Crippen LogP contribution >= 0.6 is 12.2 Å². The molecule has 78 valence electrons. The first-order valence-corrected chi connectivity index (χ1v) is 4.84. The van der Waals surface area contributed by atoms with E-state index in [1.165, 1.54) is 11.9 Å². The molecule has 0 aliphatic carbocycles. The summed E-state index contributed by atoms with van der Waals surface area (Å²) >= 11 is 5.09. The van der Waals surface area contributed by atoms with E-state index in [1.54, 1.807) is 19.3 Å². The Hall–Kier alpha value is -1.56. The van der Waals surface area contributed by atoms with Crippen LogP contribution < -0.4 is 4.99 Å². The third-order valence-electron chi connectivity index (χ3n) is 2.55. The Labute approximate surface area is 92.1 Å². The van der Waals surface area contributed by atoms with Gasteiger partial charge in [0.05, 0.1) is 13.2 Å². The minimum Gasteiger partial charge on any atom is -0.273 e. The van der Waals surface area contributed by atoms with Crippen LogP contribution in [-0.4, -0.2) is 46.5 Å². The van der Waals surface area contributed by atoms with E-state index < -0.39 is 5.92 Å². The van der Waals surface area contributed by atoms with Crippen LogP contribution in [0.4, 0.5) is 4.79 Å². The molecule has 2 heterocycles. The van der Waals surface area contributed by atoms with Crippen LogP contribution in [-0.2, 0) is 4.79 Å². The molecule has 0 saturated carbocycles. The number of hydrogen-bond donors (Lipinski definition) is 1. The molecular formula is C9H10N3O2S+. The summed E-state index contributed by atoms with van der Waals surface area (Å²) in [5, 5.41) is 0. The Bertz CT molecular complexity index is 427. The molecule has 0 spiro atoms. The van der Waals surface area contributed by atoms with Crippen LogP contribution in [0.3, 0.4) is 0 Å². The van der Waals surface area contributed by atoms with Crippen molar-refractivity contribution in [2.45, 2.75) is 0 Å². The summed E-state index contributed by atoms with van der Waals surface area (Å²) < 4.78 is 0. The largest absolute Gasteiger partial charge is 0.417 e. The Morgan fingerprint density at radius 2 is 2.00 bits per heavy atom. The van der Waals surface area contributed by atoms with E-state index in [9.17, 15) is 9.59 Å². The van der Waals surface area contributed by atoms with Crippen molar-refractivity contribution in [3.63, 3.8) is 0 Å². The van der Waals surface area contributed by atoms with Crippen molar-refractivity contribution in [3.8, 4) is 0 Å². The summed E-state index contributed by atoms with van der Waals surface area (Å²) in [5.74, 6) is -0.275. The number of nitrogens with one attached hydrogen (secondary N) is 1. The summed E-state index contributed by atoms with van der Waals surface area (Å²) in [7, 11) is 3.07. The Morgan fingerprint density at radius 3 is 2.67 bits per heavy atom. The average Bonchev–Trinajstić information content (AvgIpc) is 2.23.